The molecule has 2 aromatic rings. The molecule has 0 fully saturated rings. The van der Waals surface area contributed by atoms with Gasteiger partial charge in [-0.05, 0) is 48.9 Å². The number of ether oxygens (including phenoxy) is 1. The van der Waals surface area contributed by atoms with Gasteiger partial charge in [0.1, 0.15) is 5.82 Å². The lowest BCUT2D eigenvalue weighted by atomic mass is 9.93. The Balaban J connectivity index is 1.99. The number of hydrogen-bond acceptors (Lipinski definition) is 7. The number of halogens is 1. The van der Waals surface area contributed by atoms with E-state index in [1.807, 2.05) is 11.0 Å². The molecule has 0 spiro atoms. The Bertz CT molecular complexity index is 1100. The molecular weight excluding hydrogens is 435 g/mol. The van der Waals surface area contributed by atoms with E-state index in [0.717, 1.165) is 6.26 Å². The van der Waals surface area contributed by atoms with Crippen LogP contribution in [0, 0.1) is 11.7 Å². The van der Waals surface area contributed by atoms with Crippen LogP contribution in [0.5, 0.6) is 0 Å². The van der Waals surface area contributed by atoms with E-state index in [1.165, 1.54) is 24.3 Å². The van der Waals surface area contributed by atoms with Crippen molar-refractivity contribution in [3.8, 4) is 0 Å². The van der Waals surface area contributed by atoms with Crippen molar-refractivity contribution in [3.05, 3.63) is 66.0 Å². The highest BCUT2D eigenvalue weighted by Gasteiger charge is 2.44. The number of benzene rings is 2. The zero-order chi connectivity index (χ0) is 23.5. The molecule has 3 N–H and O–H groups in total. The minimum Gasteiger partial charge on any atom is -0.466 e. The Hall–Kier alpha value is -2.75. The standard InChI is InChI=1S/C23H27FN2O5S/c1-23(25)17(15-22(28)31-13-3-12-27)14-21(26(23)19-8-6-18(24)7-9-19)16-4-10-20(11-5-16)32(2,29)30/h4-11,14,17,27H,3,12-13,15,25H2,1-2H3/t17-,23-/m1/s1. The summed E-state index contributed by atoms with van der Waals surface area (Å²) in [6, 6.07) is 12.2. The summed E-state index contributed by atoms with van der Waals surface area (Å²) < 4.78 is 42.3. The highest BCUT2D eigenvalue weighted by molar-refractivity contribution is 7.90. The molecule has 1 heterocycles. The zero-order valence-corrected chi connectivity index (χ0v) is 18.8. The number of esters is 1. The molecule has 172 valence electrons. The average molecular weight is 463 g/mol. The number of sulfone groups is 1. The summed E-state index contributed by atoms with van der Waals surface area (Å²) in [5.41, 5.74) is 7.67. The van der Waals surface area contributed by atoms with Crippen LogP contribution in [0.15, 0.2) is 59.5 Å². The van der Waals surface area contributed by atoms with Crippen molar-refractivity contribution >= 4 is 27.2 Å². The molecule has 1 aliphatic heterocycles. The van der Waals surface area contributed by atoms with Crippen LogP contribution in [0.25, 0.3) is 5.70 Å². The number of nitrogens with two attached hydrogens (primary N) is 1. The fourth-order valence-electron chi connectivity index (χ4n) is 3.72. The van der Waals surface area contributed by atoms with Gasteiger partial charge in [0.15, 0.2) is 9.84 Å². The topological polar surface area (TPSA) is 110 Å². The molecule has 0 aromatic heterocycles. The first-order chi connectivity index (χ1) is 15.0. The van der Waals surface area contributed by atoms with Crippen molar-refractivity contribution in [2.24, 2.45) is 11.7 Å². The molecular formula is C23H27FN2O5S. The molecule has 0 unspecified atom stereocenters. The molecule has 32 heavy (non-hydrogen) atoms. The van der Waals surface area contributed by atoms with Crippen molar-refractivity contribution in [3.63, 3.8) is 0 Å². The van der Waals surface area contributed by atoms with Crippen LogP contribution in [-0.2, 0) is 19.4 Å². The molecule has 0 saturated heterocycles. The van der Waals surface area contributed by atoms with Crippen molar-refractivity contribution in [1.82, 2.24) is 0 Å². The van der Waals surface area contributed by atoms with Gasteiger partial charge in [-0.15, -0.1) is 0 Å². The maximum absolute atomic E-state index is 13.5. The quantitative estimate of drug-likeness (QED) is 0.458. The van der Waals surface area contributed by atoms with Gasteiger partial charge in [0.05, 0.1) is 23.6 Å². The van der Waals surface area contributed by atoms with Crippen molar-refractivity contribution in [2.45, 2.75) is 30.3 Å². The normalized spacial score (nSPS) is 20.8. The summed E-state index contributed by atoms with van der Waals surface area (Å²) in [5.74, 6) is -1.26. The molecule has 2 aromatic carbocycles. The fourth-order valence-corrected chi connectivity index (χ4v) is 4.35. The van der Waals surface area contributed by atoms with Gasteiger partial charge in [-0.1, -0.05) is 18.2 Å². The molecule has 2 atom stereocenters. The van der Waals surface area contributed by atoms with Gasteiger partial charge in [0.25, 0.3) is 0 Å². The number of carbonyl (C=O) groups excluding carboxylic acids is 1. The van der Waals surface area contributed by atoms with Crippen LogP contribution in [0.3, 0.4) is 0 Å². The van der Waals surface area contributed by atoms with Crippen LogP contribution in [0.1, 0.15) is 25.3 Å². The molecule has 0 amide bonds. The molecule has 7 nitrogen and oxygen atoms in total. The number of anilines is 1. The van der Waals surface area contributed by atoms with Gasteiger partial charge < -0.3 is 20.5 Å². The second kappa shape index (κ2) is 9.40. The lowest BCUT2D eigenvalue weighted by Gasteiger charge is -2.39. The van der Waals surface area contributed by atoms with E-state index >= 15 is 0 Å². The molecule has 9 heteroatoms. The lowest BCUT2D eigenvalue weighted by molar-refractivity contribution is -0.145. The first-order valence-corrected chi connectivity index (χ1v) is 12.1. The maximum atomic E-state index is 13.5. The van der Waals surface area contributed by atoms with Crippen molar-refractivity contribution in [2.75, 3.05) is 24.4 Å². The van der Waals surface area contributed by atoms with E-state index < -0.39 is 33.2 Å². The van der Waals surface area contributed by atoms with Crippen molar-refractivity contribution < 1.29 is 27.4 Å². The number of aliphatic hydroxyl groups is 1. The number of rotatable bonds is 8. The highest BCUT2D eigenvalue weighted by atomic mass is 32.2. The van der Waals surface area contributed by atoms with Gasteiger partial charge >= 0.3 is 5.97 Å². The predicted octanol–water partition coefficient (Wildman–Crippen LogP) is 2.70. The average Bonchev–Trinajstić information content (AvgIpc) is 2.98. The molecule has 0 saturated carbocycles. The molecule has 0 bridgehead atoms. The van der Waals surface area contributed by atoms with Gasteiger partial charge in [0, 0.05) is 36.6 Å². The number of hydrogen-bond donors (Lipinski definition) is 2. The molecule has 1 aliphatic rings. The number of carbonyl (C=O) groups is 1. The zero-order valence-electron chi connectivity index (χ0n) is 18.0. The van der Waals surface area contributed by atoms with Crippen molar-refractivity contribution in [1.29, 1.82) is 0 Å². The minimum atomic E-state index is -3.35. The first-order valence-electron chi connectivity index (χ1n) is 10.2. The third kappa shape index (κ3) is 5.17. The smallest absolute Gasteiger partial charge is 0.306 e. The maximum Gasteiger partial charge on any atom is 0.306 e. The van der Waals surface area contributed by atoms with Gasteiger partial charge in [-0.2, -0.15) is 0 Å². The summed E-state index contributed by atoms with van der Waals surface area (Å²) in [6.07, 6.45) is 3.36. The number of nitrogens with zero attached hydrogens (tertiary/aromatic N) is 1. The van der Waals surface area contributed by atoms with Crippen LogP contribution >= 0.6 is 0 Å². The van der Waals surface area contributed by atoms with E-state index in [-0.39, 0.29) is 24.5 Å². The summed E-state index contributed by atoms with van der Waals surface area (Å²) in [4.78, 5) is 14.3. The van der Waals surface area contributed by atoms with Crippen LogP contribution in [0.4, 0.5) is 10.1 Å². The minimum absolute atomic E-state index is 0.0149. The SMILES string of the molecule is C[C@]1(N)[C@@H](CC(=O)OCCCO)C=C(c2ccc(S(C)(=O)=O)cc2)N1c1ccc(F)cc1. The van der Waals surface area contributed by atoms with E-state index in [1.54, 1.807) is 31.2 Å². The molecule has 0 aliphatic carbocycles. The summed E-state index contributed by atoms with van der Waals surface area (Å²) in [5, 5.41) is 8.87. The summed E-state index contributed by atoms with van der Waals surface area (Å²) >= 11 is 0. The lowest BCUT2D eigenvalue weighted by Crippen LogP contribution is -2.54. The van der Waals surface area contributed by atoms with E-state index in [9.17, 15) is 17.6 Å². The fraction of sp³-hybridized carbons (Fsp3) is 0.348. The Morgan fingerprint density at radius 1 is 1.19 bits per heavy atom. The third-order valence-electron chi connectivity index (χ3n) is 5.45. The van der Waals surface area contributed by atoms with Crippen LogP contribution in [0.2, 0.25) is 0 Å². The third-order valence-corrected chi connectivity index (χ3v) is 6.58. The Morgan fingerprint density at radius 2 is 1.81 bits per heavy atom. The van der Waals surface area contributed by atoms with Crippen LogP contribution < -0.4 is 10.6 Å². The first kappa shape index (κ1) is 23.9. The summed E-state index contributed by atoms with van der Waals surface area (Å²) in [6.45, 7) is 1.82. The Kier molecular flexibility index (Phi) is 7.02. The van der Waals surface area contributed by atoms with Gasteiger partial charge in [-0.25, -0.2) is 12.8 Å². The number of aliphatic hydroxyl groups excluding tert-OH is 1. The second-order valence-corrected chi connectivity index (χ2v) is 10.0. The van der Waals surface area contributed by atoms with Gasteiger partial charge in [-0.3, -0.25) is 4.79 Å². The van der Waals surface area contributed by atoms with E-state index in [4.69, 9.17) is 15.6 Å². The summed E-state index contributed by atoms with van der Waals surface area (Å²) in [7, 11) is -3.35. The second-order valence-electron chi connectivity index (χ2n) is 7.99. The van der Waals surface area contributed by atoms with Crippen LogP contribution in [-0.4, -0.2) is 44.6 Å². The van der Waals surface area contributed by atoms with Gasteiger partial charge in [0.2, 0.25) is 0 Å². The largest absolute Gasteiger partial charge is 0.466 e. The highest BCUT2D eigenvalue weighted by Crippen LogP contribution is 2.43. The Morgan fingerprint density at radius 3 is 2.38 bits per heavy atom. The van der Waals surface area contributed by atoms with E-state index in [2.05, 4.69) is 0 Å². The molecule has 0 radical (unpaired) electrons. The molecule has 3 rings (SSSR count). The monoisotopic (exact) mass is 462 g/mol. The van der Waals surface area contributed by atoms with E-state index in [0.29, 0.717) is 23.4 Å². The predicted molar refractivity (Wildman–Crippen MR) is 120 cm³/mol. The Labute approximate surface area is 187 Å².